The van der Waals surface area contributed by atoms with Crippen LogP contribution in [0.15, 0.2) is 54.6 Å². The fraction of sp³-hybridized carbons (Fsp3) is 0.381. The second-order valence-electron chi connectivity index (χ2n) is 6.96. The maximum Gasteiger partial charge on any atom is 0.221 e. The second-order valence-corrected chi connectivity index (χ2v) is 6.96. The number of likely N-dealkylation sites (tertiary alicyclic amines) is 1. The van der Waals surface area contributed by atoms with Crippen LogP contribution in [0.4, 0.5) is 11.4 Å². The molecule has 0 saturated carbocycles. The van der Waals surface area contributed by atoms with E-state index in [0.29, 0.717) is 12.0 Å². The van der Waals surface area contributed by atoms with Gasteiger partial charge in [0, 0.05) is 37.4 Å². The summed E-state index contributed by atoms with van der Waals surface area (Å²) >= 11 is 0. The van der Waals surface area contributed by atoms with E-state index in [9.17, 15) is 4.79 Å². The molecule has 2 N–H and O–H groups in total. The first kappa shape index (κ1) is 17.5. The van der Waals surface area contributed by atoms with Gasteiger partial charge in [-0.2, -0.15) is 0 Å². The topological polar surface area (TPSA) is 44.4 Å². The fourth-order valence-electron chi connectivity index (χ4n) is 3.49. The summed E-state index contributed by atoms with van der Waals surface area (Å²) in [5, 5.41) is 6.41. The maximum atomic E-state index is 11.1. The van der Waals surface area contributed by atoms with E-state index in [1.807, 2.05) is 24.3 Å². The minimum absolute atomic E-state index is 0.0430. The molecule has 0 aliphatic carbocycles. The lowest BCUT2D eigenvalue weighted by Gasteiger charge is -2.23. The summed E-state index contributed by atoms with van der Waals surface area (Å²) in [4.78, 5) is 13.6. The largest absolute Gasteiger partial charge is 0.382 e. The Balaban J connectivity index is 1.50. The molecule has 3 rings (SSSR count). The number of nitrogens with one attached hydrogen (secondary N) is 2. The van der Waals surface area contributed by atoms with Crippen molar-refractivity contribution in [2.45, 2.75) is 32.9 Å². The number of benzene rings is 2. The summed E-state index contributed by atoms with van der Waals surface area (Å²) in [5.74, 6) is 0.609. The van der Waals surface area contributed by atoms with Crippen LogP contribution < -0.4 is 10.6 Å². The van der Waals surface area contributed by atoms with Gasteiger partial charge in [0.25, 0.3) is 0 Å². The van der Waals surface area contributed by atoms with Crippen LogP contribution in [0.25, 0.3) is 0 Å². The average molecular weight is 337 g/mol. The molecule has 1 amide bonds. The van der Waals surface area contributed by atoms with Crippen molar-refractivity contribution >= 4 is 17.3 Å². The molecule has 0 unspecified atom stereocenters. The molecule has 0 bridgehead atoms. The van der Waals surface area contributed by atoms with E-state index in [1.54, 1.807) is 0 Å². The van der Waals surface area contributed by atoms with Crippen molar-refractivity contribution in [1.82, 2.24) is 4.90 Å². The van der Waals surface area contributed by atoms with Crippen molar-refractivity contribution in [3.63, 3.8) is 0 Å². The Kier molecular flexibility index (Phi) is 5.71. The Hall–Kier alpha value is -2.33. The van der Waals surface area contributed by atoms with Crippen molar-refractivity contribution in [3.05, 3.63) is 60.2 Å². The molecule has 1 aliphatic heterocycles. The van der Waals surface area contributed by atoms with E-state index >= 15 is 0 Å². The third-order valence-corrected chi connectivity index (χ3v) is 4.86. The number of amides is 1. The van der Waals surface area contributed by atoms with Gasteiger partial charge in [0.2, 0.25) is 5.91 Å². The smallest absolute Gasteiger partial charge is 0.221 e. The lowest BCUT2D eigenvalue weighted by Crippen LogP contribution is -2.29. The van der Waals surface area contributed by atoms with E-state index in [0.717, 1.165) is 31.0 Å². The molecule has 2 aromatic carbocycles. The molecule has 0 radical (unpaired) electrons. The Morgan fingerprint density at radius 1 is 1.12 bits per heavy atom. The molecule has 2 atom stereocenters. The normalized spacial score (nSPS) is 18.7. The first-order valence-corrected chi connectivity index (χ1v) is 9.00. The molecule has 132 valence electrons. The van der Waals surface area contributed by atoms with E-state index in [-0.39, 0.29) is 5.91 Å². The number of rotatable bonds is 6. The summed E-state index contributed by atoms with van der Waals surface area (Å²) in [7, 11) is 0. The van der Waals surface area contributed by atoms with Crippen molar-refractivity contribution in [3.8, 4) is 0 Å². The van der Waals surface area contributed by atoms with E-state index in [1.165, 1.54) is 18.9 Å². The molecule has 1 aliphatic rings. The van der Waals surface area contributed by atoms with Gasteiger partial charge in [-0.1, -0.05) is 30.3 Å². The number of nitrogens with zero attached hydrogens (tertiary/aromatic N) is 1. The molecular formula is C21H27N3O. The van der Waals surface area contributed by atoms with E-state index in [4.69, 9.17) is 0 Å². The number of carbonyl (C=O) groups excluding carboxylic acids is 1. The van der Waals surface area contributed by atoms with Crippen LogP contribution in [0.2, 0.25) is 0 Å². The van der Waals surface area contributed by atoms with Crippen molar-refractivity contribution in [1.29, 1.82) is 0 Å². The molecule has 25 heavy (non-hydrogen) atoms. The first-order valence-electron chi connectivity index (χ1n) is 9.00. The predicted octanol–water partition coefficient (Wildman–Crippen LogP) is 3.97. The third kappa shape index (κ3) is 5.07. The molecule has 4 nitrogen and oxygen atoms in total. The summed E-state index contributed by atoms with van der Waals surface area (Å²) in [6.45, 7) is 7.11. The van der Waals surface area contributed by atoms with Crippen LogP contribution >= 0.6 is 0 Å². The zero-order valence-electron chi connectivity index (χ0n) is 15.0. The zero-order chi connectivity index (χ0) is 17.6. The zero-order valence-corrected chi connectivity index (χ0v) is 15.0. The molecule has 4 heteroatoms. The fourth-order valence-corrected chi connectivity index (χ4v) is 3.49. The number of hydrogen-bond acceptors (Lipinski definition) is 3. The Bertz CT molecular complexity index is 684. The minimum Gasteiger partial charge on any atom is -0.382 e. The summed E-state index contributed by atoms with van der Waals surface area (Å²) in [6, 6.07) is 19.0. The van der Waals surface area contributed by atoms with Crippen LogP contribution in [0, 0.1) is 5.92 Å². The highest BCUT2D eigenvalue weighted by molar-refractivity contribution is 5.88. The number of carbonyl (C=O) groups is 1. The van der Waals surface area contributed by atoms with Gasteiger partial charge >= 0.3 is 0 Å². The van der Waals surface area contributed by atoms with Gasteiger partial charge in [-0.15, -0.1) is 0 Å². The van der Waals surface area contributed by atoms with E-state index < -0.39 is 0 Å². The van der Waals surface area contributed by atoms with Gasteiger partial charge in [0.15, 0.2) is 0 Å². The Morgan fingerprint density at radius 3 is 2.48 bits per heavy atom. The molecule has 2 aromatic rings. The number of anilines is 2. The van der Waals surface area contributed by atoms with Crippen molar-refractivity contribution < 1.29 is 4.79 Å². The standard InChI is InChI=1S/C21H27N3O/c1-16(22-20-8-10-21(11-9-20)23-17(2)25)19-12-13-24(15-19)14-18-6-4-3-5-7-18/h3-11,16,19,22H,12-15H2,1-2H3,(H,23,25)/t16-,19-/m1/s1. The monoisotopic (exact) mass is 337 g/mol. The third-order valence-electron chi connectivity index (χ3n) is 4.86. The van der Waals surface area contributed by atoms with Crippen LogP contribution in [-0.4, -0.2) is 29.9 Å². The molecule has 1 heterocycles. The molecule has 1 fully saturated rings. The highest BCUT2D eigenvalue weighted by Crippen LogP contribution is 2.24. The quantitative estimate of drug-likeness (QED) is 0.838. The second kappa shape index (κ2) is 8.17. The van der Waals surface area contributed by atoms with Crippen LogP contribution in [-0.2, 0) is 11.3 Å². The van der Waals surface area contributed by atoms with E-state index in [2.05, 4.69) is 52.8 Å². The van der Waals surface area contributed by atoms with Gasteiger partial charge in [-0.05, 0) is 55.6 Å². The van der Waals surface area contributed by atoms with Gasteiger partial charge in [-0.3, -0.25) is 9.69 Å². The summed E-state index contributed by atoms with van der Waals surface area (Å²) < 4.78 is 0. The highest BCUT2D eigenvalue weighted by Gasteiger charge is 2.26. The van der Waals surface area contributed by atoms with Gasteiger partial charge in [0.1, 0.15) is 0 Å². The van der Waals surface area contributed by atoms with Crippen LogP contribution in [0.1, 0.15) is 25.8 Å². The molecule has 0 spiro atoms. The summed E-state index contributed by atoms with van der Waals surface area (Å²) in [6.07, 6.45) is 1.23. The van der Waals surface area contributed by atoms with Crippen LogP contribution in [0.3, 0.4) is 0 Å². The minimum atomic E-state index is -0.0430. The predicted molar refractivity (Wildman–Crippen MR) is 104 cm³/mol. The Morgan fingerprint density at radius 2 is 1.80 bits per heavy atom. The highest BCUT2D eigenvalue weighted by atomic mass is 16.1. The van der Waals surface area contributed by atoms with Gasteiger partial charge < -0.3 is 10.6 Å². The van der Waals surface area contributed by atoms with Crippen molar-refractivity contribution in [2.75, 3.05) is 23.7 Å². The SMILES string of the molecule is CC(=O)Nc1ccc(N[C@H](C)[C@@H]2CCN(Cc3ccccc3)C2)cc1. The van der Waals surface area contributed by atoms with Crippen LogP contribution in [0.5, 0.6) is 0 Å². The number of hydrogen-bond donors (Lipinski definition) is 2. The maximum absolute atomic E-state index is 11.1. The lowest BCUT2D eigenvalue weighted by atomic mass is 10.0. The molecular weight excluding hydrogens is 310 g/mol. The molecule has 1 saturated heterocycles. The lowest BCUT2D eigenvalue weighted by molar-refractivity contribution is -0.114. The Labute approximate surface area is 150 Å². The van der Waals surface area contributed by atoms with Gasteiger partial charge in [-0.25, -0.2) is 0 Å². The summed E-state index contributed by atoms with van der Waals surface area (Å²) in [5.41, 5.74) is 3.32. The average Bonchev–Trinajstić information content (AvgIpc) is 3.06. The van der Waals surface area contributed by atoms with Crippen molar-refractivity contribution in [2.24, 2.45) is 5.92 Å². The molecule has 0 aromatic heterocycles. The van der Waals surface area contributed by atoms with Gasteiger partial charge in [0.05, 0.1) is 0 Å². The first-order chi connectivity index (χ1) is 12.1.